The van der Waals surface area contributed by atoms with E-state index in [1.165, 1.54) is 54.3 Å². The summed E-state index contributed by atoms with van der Waals surface area (Å²) in [5.41, 5.74) is 10.9. The highest BCUT2D eigenvalue weighted by Crippen LogP contribution is 2.42. The molecule has 12 aromatic rings. The second kappa shape index (κ2) is 14.3. The number of hydrogen-bond acceptors (Lipinski definition) is 3. The summed E-state index contributed by atoms with van der Waals surface area (Å²) < 4.78 is 2.45. The molecule has 0 fully saturated rings. The van der Waals surface area contributed by atoms with Crippen molar-refractivity contribution in [2.45, 2.75) is 0 Å². The first kappa shape index (κ1) is 34.8. The van der Waals surface area contributed by atoms with E-state index in [1.54, 1.807) is 0 Å². The Morgan fingerprint density at radius 3 is 1.33 bits per heavy atom. The van der Waals surface area contributed by atoms with Gasteiger partial charge < -0.3 is 4.57 Å². The molecule has 10 aromatic carbocycles. The monoisotopic (exact) mass is 776 g/mol. The molecule has 0 aliphatic rings. The number of benzene rings is 10. The van der Waals surface area contributed by atoms with Crippen molar-refractivity contribution in [3.05, 3.63) is 218 Å². The summed E-state index contributed by atoms with van der Waals surface area (Å²) in [4.78, 5) is 15.3. The smallest absolute Gasteiger partial charge is 0.164 e. The molecular formula is C57H36N4. The van der Waals surface area contributed by atoms with Crippen molar-refractivity contribution in [1.82, 2.24) is 19.5 Å². The maximum atomic E-state index is 5.12. The zero-order valence-corrected chi connectivity index (χ0v) is 33.1. The molecule has 0 aliphatic heterocycles. The normalized spacial score (nSPS) is 11.6. The van der Waals surface area contributed by atoms with Gasteiger partial charge in [-0.3, -0.25) is 0 Å². The van der Waals surface area contributed by atoms with E-state index >= 15 is 0 Å². The van der Waals surface area contributed by atoms with E-state index in [-0.39, 0.29) is 0 Å². The van der Waals surface area contributed by atoms with Gasteiger partial charge in [0.15, 0.2) is 17.5 Å². The summed E-state index contributed by atoms with van der Waals surface area (Å²) in [5, 5.41) is 9.86. The van der Waals surface area contributed by atoms with Gasteiger partial charge in [0.05, 0.1) is 16.7 Å². The van der Waals surface area contributed by atoms with Crippen LogP contribution in [0.2, 0.25) is 0 Å². The van der Waals surface area contributed by atoms with E-state index in [0.29, 0.717) is 17.5 Å². The molecule has 0 radical (unpaired) electrons. The average molecular weight is 777 g/mol. The molecule has 0 bridgehead atoms. The molecule has 0 saturated heterocycles. The Labute approximate surface area is 352 Å². The molecule has 0 amide bonds. The number of rotatable bonds is 6. The third kappa shape index (κ3) is 5.96. The highest BCUT2D eigenvalue weighted by Gasteiger charge is 2.20. The van der Waals surface area contributed by atoms with Crippen molar-refractivity contribution in [2.75, 3.05) is 0 Å². The van der Waals surface area contributed by atoms with Crippen molar-refractivity contribution in [3.8, 4) is 62.1 Å². The highest BCUT2D eigenvalue weighted by molar-refractivity contribution is 6.28. The number of aromatic nitrogens is 4. The second-order valence-electron chi connectivity index (χ2n) is 15.6. The van der Waals surface area contributed by atoms with Crippen LogP contribution in [0.15, 0.2) is 218 Å². The van der Waals surface area contributed by atoms with Crippen LogP contribution >= 0.6 is 0 Å². The van der Waals surface area contributed by atoms with E-state index in [0.717, 1.165) is 44.5 Å². The second-order valence-corrected chi connectivity index (χ2v) is 15.6. The number of fused-ring (bicyclic) bond motifs is 8. The van der Waals surface area contributed by atoms with Crippen LogP contribution in [-0.4, -0.2) is 19.5 Å². The van der Waals surface area contributed by atoms with E-state index in [9.17, 15) is 0 Å². The average Bonchev–Trinajstić information content (AvgIpc) is 3.69. The predicted molar refractivity (Wildman–Crippen MR) is 254 cm³/mol. The zero-order chi connectivity index (χ0) is 40.3. The summed E-state index contributed by atoms with van der Waals surface area (Å²) in [6, 6.07) is 77.6. The predicted octanol–water partition coefficient (Wildman–Crippen LogP) is 14.8. The van der Waals surface area contributed by atoms with Gasteiger partial charge in [-0.15, -0.1) is 0 Å². The standard InChI is InChI=1S/C57H36N4/c1-2-12-37(13-3-1)39-22-27-43(28-23-39)55-58-56(60-57(59-55)46-31-24-38-14-4-5-17-45(38)36-46)44-29-25-42(26-30-44)47-18-10-11-21-50(47)61-51-34-32-40-15-6-8-19-48(40)53(51)54-49-20-9-7-16-41(49)33-35-52(54)61/h1-36H. The minimum absolute atomic E-state index is 0.626. The molecule has 284 valence electrons. The summed E-state index contributed by atoms with van der Waals surface area (Å²) in [6.45, 7) is 0. The Bertz CT molecular complexity index is 3530. The fourth-order valence-corrected chi connectivity index (χ4v) is 9.05. The first-order chi connectivity index (χ1) is 30.2. The molecule has 0 unspecified atom stereocenters. The molecule has 12 rings (SSSR count). The summed E-state index contributed by atoms with van der Waals surface area (Å²) in [7, 11) is 0. The Balaban J connectivity index is 0.990. The summed E-state index contributed by atoms with van der Waals surface area (Å²) in [5.74, 6) is 1.90. The van der Waals surface area contributed by atoms with Gasteiger partial charge in [-0.25, -0.2) is 15.0 Å². The third-order valence-electron chi connectivity index (χ3n) is 12.0. The molecular weight excluding hydrogens is 741 g/mol. The van der Waals surface area contributed by atoms with Gasteiger partial charge >= 0.3 is 0 Å². The zero-order valence-electron chi connectivity index (χ0n) is 33.1. The number of para-hydroxylation sites is 1. The van der Waals surface area contributed by atoms with E-state index < -0.39 is 0 Å². The molecule has 0 saturated carbocycles. The molecule has 0 atom stereocenters. The lowest BCUT2D eigenvalue weighted by Crippen LogP contribution is -2.00. The molecule has 4 nitrogen and oxygen atoms in total. The van der Waals surface area contributed by atoms with Gasteiger partial charge in [-0.05, 0) is 73.3 Å². The molecule has 4 heteroatoms. The quantitative estimate of drug-likeness (QED) is 0.169. The Hall–Kier alpha value is -8.21. The van der Waals surface area contributed by atoms with E-state index in [2.05, 4.69) is 217 Å². The first-order valence-electron chi connectivity index (χ1n) is 20.7. The first-order valence-corrected chi connectivity index (χ1v) is 20.7. The van der Waals surface area contributed by atoms with Crippen molar-refractivity contribution < 1.29 is 0 Å². The maximum Gasteiger partial charge on any atom is 0.164 e. The molecule has 0 aliphatic carbocycles. The van der Waals surface area contributed by atoms with Gasteiger partial charge in [-0.2, -0.15) is 0 Å². The Morgan fingerprint density at radius 2 is 0.705 bits per heavy atom. The summed E-state index contributed by atoms with van der Waals surface area (Å²) >= 11 is 0. The highest BCUT2D eigenvalue weighted by atomic mass is 15.0. The van der Waals surface area contributed by atoms with Crippen LogP contribution in [0.25, 0.3) is 116 Å². The lowest BCUT2D eigenvalue weighted by molar-refractivity contribution is 1.07. The van der Waals surface area contributed by atoms with Gasteiger partial charge in [0.25, 0.3) is 0 Å². The van der Waals surface area contributed by atoms with Crippen molar-refractivity contribution in [3.63, 3.8) is 0 Å². The summed E-state index contributed by atoms with van der Waals surface area (Å²) in [6.07, 6.45) is 0. The van der Waals surface area contributed by atoms with Crippen LogP contribution < -0.4 is 0 Å². The molecule has 61 heavy (non-hydrogen) atoms. The van der Waals surface area contributed by atoms with Crippen molar-refractivity contribution >= 4 is 54.1 Å². The Morgan fingerprint density at radius 1 is 0.279 bits per heavy atom. The topological polar surface area (TPSA) is 43.6 Å². The third-order valence-corrected chi connectivity index (χ3v) is 12.0. The lowest BCUT2D eigenvalue weighted by atomic mass is 10.00. The van der Waals surface area contributed by atoms with Crippen LogP contribution in [0.3, 0.4) is 0 Å². The number of hydrogen-bond donors (Lipinski definition) is 0. The Kier molecular flexibility index (Phi) is 8.13. The minimum Gasteiger partial charge on any atom is -0.309 e. The molecule has 0 N–H and O–H groups in total. The van der Waals surface area contributed by atoms with Gasteiger partial charge in [-0.1, -0.05) is 194 Å². The SMILES string of the molecule is c1ccc(-c2ccc(-c3nc(-c4ccc(-c5ccccc5-n5c6ccc7ccccc7c6c6c7ccccc7ccc65)cc4)nc(-c4ccc5ccccc5c4)n3)cc2)cc1. The largest absolute Gasteiger partial charge is 0.309 e. The molecule has 0 spiro atoms. The van der Waals surface area contributed by atoms with Crippen LogP contribution in [-0.2, 0) is 0 Å². The maximum absolute atomic E-state index is 5.12. The number of nitrogens with zero attached hydrogens (tertiary/aromatic N) is 4. The van der Waals surface area contributed by atoms with Crippen LogP contribution in [0.4, 0.5) is 0 Å². The fourth-order valence-electron chi connectivity index (χ4n) is 9.05. The van der Waals surface area contributed by atoms with Crippen LogP contribution in [0.5, 0.6) is 0 Å². The fraction of sp³-hybridized carbons (Fsp3) is 0. The lowest BCUT2D eigenvalue weighted by Gasteiger charge is -2.15. The molecule has 2 aromatic heterocycles. The van der Waals surface area contributed by atoms with Crippen molar-refractivity contribution in [2.24, 2.45) is 0 Å². The minimum atomic E-state index is 0.626. The molecule has 2 heterocycles. The van der Waals surface area contributed by atoms with Gasteiger partial charge in [0.2, 0.25) is 0 Å². The van der Waals surface area contributed by atoms with E-state index in [4.69, 9.17) is 15.0 Å². The van der Waals surface area contributed by atoms with E-state index in [1.807, 2.05) is 6.07 Å². The van der Waals surface area contributed by atoms with Gasteiger partial charge in [0.1, 0.15) is 0 Å². The van der Waals surface area contributed by atoms with Gasteiger partial charge in [0, 0.05) is 33.0 Å². The van der Waals surface area contributed by atoms with Crippen LogP contribution in [0.1, 0.15) is 0 Å². The van der Waals surface area contributed by atoms with Crippen LogP contribution in [0, 0.1) is 0 Å². The van der Waals surface area contributed by atoms with Crippen molar-refractivity contribution in [1.29, 1.82) is 0 Å².